The maximum Gasteiger partial charge on any atom is 0.336 e. The molecule has 4 rings (SSSR count). The Bertz CT molecular complexity index is 1120. The average Bonchev–Trinajstić information content (AvgIpc) is 2.80. The lowest BCUT2D eigenvalue weighted by Crippen LogP contribution is -2.46. The normalized spacial score (nSPS) is 14.8. The van der Waals surface area contributed by atoms with Crippen LogP contribution in [0.2, 0.25) is 0 Å². The third-order valence-electron chi connectivity index (χ3n) is 5.93. The highest BCUT2D eigenvalue weighted by Crippen LogP contribution is 2.30. The van der Waals surface area contributed by atoms with Crippen LogP contribution < -0.4 is 15.3 Å². The van der Waals surface area contributed by atoms with Gasteiger partial charge in [0.2, 0.25) is 0 Å². The van der Waals surface area contributed by atoms with Crippen LogP contribution in [-0.4, -0.2) is 56.5 Å². The molecule has 0 radical (unpaired) electrons. The van der Waals surface area contributed by atoms with Crippen molar-refractivity contribution in [3.05, 3.63) is 64.0 Å². The first-order valence-corrected chi connectivity index (χ1v) is 11.1. The number of hydrogen-bond acceptors (Lipinski definition) is 7. The van der Waals surface area contributed by atoms with Crippen molar-refractivity contribution in [1.82, 2.24) is 4.90 Å². The first kappa shape index (κ1) is 22.2. The quantitative estimate of drug-likeness (QED) is 0.427. The van der Waals surface area contributed by atoms with Crippen LogP contribution in [-0.2, 0) is 17.7 Å². The lowest BCUT2D eigenvalue weighted by Gasteiger charge is -2.36. The van der Waals surface area contributed by atoms with Crippen LogP contribution in [0.3, 0.4) is 0 Å². The molecule has 7 heteroatoms. The van der Waals surface area contributed by atoms with Crippen molar-refractivity contribution >= 4 is 16.7 Å². The Morgan fingerprint density at radius 2 is 1.81 bits per heavy atom. The summed E-state index contributed by atoms with van der Waals surface area (Å²) in [6.07, 6.45) is 0.713. The van der Waals surface area contributed by atoms with E-state index in [0.717, 1.165) is 54.1 Å². The second-order valence-electron chi connectivity index (χ2n) is 7.99. The topological polar surface area (TPSA) is 75.4 Å². The number of phenols is 1. The Balaban J connectivity index is 1.47. The molecule has 32 heavy (non-hydrogen) atoms. The van der Waals surface area contributed by atoms with Gasteiger partial charge in [-0.2, -0.15) is 0 Å². The second-order valence-corrected chi connectivity index (χ2v) is 7.99. The van der Waals surface area contributed by atoms with Gasteiger partial charge in [-0.05, 0) is 35.7 Å². The van der Waals surface area contributed by atoms with Crippen LogP contribution in [0.25, 0.3) is 11.0 Å². The predicted octanol–water partition coefficient (Wildman–Crippen LogP) is 3.41. The van der Waals surface area contributed by atoms with Crippen molar-refractivity contribution in [2.75, 3.05) is 51.4 Å². The number of benzene rings is 2. The zero-order valence-electron chi connectivity index (χ0n) is 18.7. The Morgan fingerprint density at radius 1 is 1.03 bits per heavy atom. The van der Waals surface area contributed by atoms with E-state index in [4.69, 9.17) is 13.9 Å². The lowest BCUT2D eigenvalue weighted by atomic mass is 10.0. The van der Waals surface area contributed by atoms with Gasteiger partial charge < -0.3 is 23.9 Å². The van der Waals surface area contributed by atoms with Crippen molar-refractivity contribution in [1.29, 1.82) is 0 Å². The molecule has 1 aliphatic rings. The van der Waals surface area contributed by atoms with Gasteiger partial charge in [-0.1, -0.05) is 19.1 Å². The van der Waals surface area contributed by atoms with Crippen LogP contribution in [0.15, 0.2) is 51.7 Å². The van der Waals surface area contributed by atoms with E-state index in [9.17, 15) is 9.90 Å². The summed E-state index contributed by atoms with van der Waals surface area (Å²) in [6, 6.07) is 13.2. The number of nitrogens with zero attached hydrogens (tertiary/aromatic N) is 2. The van der Waals surface area contributed by atoms with Crippen LogP contribution >= 0.6 is 0 Å². The molecule has 0 unspecified atom stereocenters. The van der Waals surface area contributed by atoms with E-state index in [0.29, 0.717) is 31.8 Å². The minimum atomic E-state index is -0.392. The van der Waals surface area contributed by atoms with Gasteiger partial charge in [-0.25, -0.2) is 4.79 Å². The molecule has 1 saturated heterocycles. The molecular formula is C25H30N2O5. The Labute approximate surface area is 187 Å². The van der Waals surface area contributed by atoms with E-state index in [2.05, 4.69) is 15.9 Å². The summed E-state index contributed by atoms with van der Waals surface area (Å²) in [5.74, 6) is 1.04. The van der Waals surface area contributed by atoms with Crippen LogP contribution in [0.5, 0.6) is 11.5 Å². The van der Waals surface area contributed by atoms with E-state index in [1.807, 2.05) is 31.2 Å². The van der Waals surface area contributed by atoms with Crippen molar-refractivity contribution in [2.24, 2.45) is 0 Å². The molecule has 0 saturated carbocycles. The van der Waals surface area contributed by atoms with Gasteiger partial charge in [0.25, 0.3) is 0 Å². The fourth-order valence-electron chi connectivity index (χ4n) is 4.18. The van der Waals surface area contributed by atoms with Crippen molar-refractivity contribution < 1.29 is 19.0 Å². The fourth-order valence-corrected chi connectivity index (χ4v) is 4.18. The third kappa shape index (κ3) is 4.89. The summed E-state index contributed by atoms with van der Waals surface area (Å²) in [7, 11) is 1.67. The van der Waals surface area contributed by atoms with E-state index in [1.165, 1.54) is 0 Å². The van der Waals surface area contributed by atoms with E-state index < -0.39 is 5.63 Å². The molecule has 0 amide bonds. The summed E-state index contributed by atoms with van der Waals surface area (Å²) < 4.78 is 16.3. The standard InChI is InChI=1S/C25H30N2O5/c1-3-18-14-20-19(15-25(29)32-24(20)16-22(18)28)17-26-8-10-27(11-9-26)21-6-4-5-7-23(21)31-13-12-30-2/h4-7,14-16,28H,3,8-13,17H2,1-2H3. The number of piperazine rings is 1. The number of ether oxygens (including phenoxy) is 2. The number of fused-ring (bicyclic) bond motifs is 1. The smallest absolute Gasteiger partial charge is 0.336 e. The first-order valence-electron chi connectivity index (χ1n) is 11.1. The monoisotopic (exact) mass is 438 g/mol. The molecule has 1 aliphatic heterocycles. The van der Waals surface area contributed by atoms with Gasteiger partial charge in [-0.3, -0.25) is 4.90 Å². The van der Waals surface area contributed by atoms with Crippen molar-refractivity contribution in [2.45, 2.75) is 19.9 Å². The molecule has 1 fully saturated rings. The first-order chi connectivity index (χ1) is 15.6. The molecule has 1 N–H and O–H groups in total. The largest absolute Gasteiger partial charge is 0.508 e. The number of rotatable bonds is 8. The third-order valence-corrected chi connectivity index (χ3v) is 5.93. The number of hydrogen-bond donors (Lipinski definition) is 1. The van der Waals surface area contributed by atoms with E-state index >= 15 is 0 Å². The SMILES string of the molecule is CCc1cc2c(CN3CCN(c4ccccc4OCCOC)CC3)cc(=O)oc2cc1O. The molecule has 0 atom stereocenters. The number of phenolic OH excluding ortho intramolecular Hbond substituents is 1. The molecule has 170 valence electrons. The Kier molecular flexibility index (Phi) is 6.97. The highest BCUT2D eigenvalue weighted by molar-refractivity contribution is 5.82. The van der Waals surface area contributed by atoms with Gasteiger partial charge in [0.05, 0.1) is 12.3 Å². The molecule has 7 nitrogen and oxygen atoms in total. The molecule has 0 aliphatic carbocycles. The summed E-state index contributed by atoms with van der Waals surface area (Å²) in [4.78, 5) is 16.8. The van der Waals surface area contributed by atoms with Crippen molar-refractivity contribution in [3.8, 4) is 11.5 Å². The summed E-state index contributed by atoms with van der Waals surface area (Å²) >= 11 is 0. The van der Waals surface area contributed by atoms with Gasteiger partial charge in [0.15, 0.2) is 0 Å². The number of aryl methyl sites for hydroxylation is 1. The highest BCUT2D eigenvalue weighted by Gasteiger charge is 2.21. The van der Waals surface area contributed by atoms with Gasteiger partial charge >= 0.3 is 5.63 Å². The van der Waals surface area contributed by atoms with Gasteiger partial charge in [0, 0.05) is 57.4 Å². The van der Waals surface area contributed by atoms with Gasteiger partial charge in [-0.15, -0.1) is 0 Å². The van der Waals surface area contributed by atoms with Crippen LogP contribution in [0.4, 0.5) is 5.69 Å². The highest BCUT2D eigenvalue weighted by atomic mass is 16.5. The summed E-state index contributed by atoms with van der Waals surface area (Å²) in [5.41, 5.74) is 2.92. The molecular weight excluding hydrogens is 408 g/mol. The molecule has 1 aromatic heterocycles. The van der Waals surface area contributed by atoms with Crippen molar-refractivity contribution in [3.63, 3.8) is 0 Å². The fraction of sp³-hybridized carbons (Fsp3) is 0.400. The Hall–Kier alpha value is -3.03. The lowest BCUT2D eigenvalue weighted by molar-refractivity contribution is 0.146. The number of methoxy groups -OCH3 is 1. The number of aromatic hydroxyl groups is 1. The maximum atomic E-state index is 12.1. The zero-order valence-corrected chi connectivity index (χ0v) is 18.7. The van der Waals surface area contributed by atoms with Crippen LogP contribution in [0.1, 0.15) is 18.1 Å². The predicted molar refractivity (Wildman–Crippen MR) is 125 cm³/mol. The van der Waals surface area contributed by atoms with Gasteiger partial charge in [0.1, 0.15) is 23.7 Å². The molecule has 2 heterocycles. The number of para-hydroxylation sites is 2. The summed E-state index contributed by atoms with van der Waals surface area (Å²) in [6.45, 7) is 7.20. The summed E-state index contributed by atoms with van der Waals surface area (Å²) in [5, 5.41) is 11.0. The molecule has 0 bridgehead atoms. The molecule has 3 aromatic rings. The molecule has 2 aromatic carbocycles. The van der Waals surface area contributed by atoms with E-state index in [1.54, 1.807) is 19.2 Å². The average molecular weight is 439 g/mol. The van der Waals surface area contributed by atoms with E-state index in [-0.39, 0.29) is 5.75 Å². The molecule has 0 spiro atoms. The van der Waals surface area contributed by atoms with Crippen LogP contribution in [0, 0.1) is 0 Å². The zero-order chi connectivity index (χ0) is 22.5. The maximum absolute atomic E-state index is 12.1. The number of anilines is 1. The Morgan fingerprint density at radius 3 is 2.56 bits per heavy atom. The minimum absolute atomic E-state index is 0.167. The second kappa shape index (κ2) is 10.1. The minimum Gasteiger partial charge on any atom is -0.508 e.